The second-order valence-corrected chi connectivity index (χ2v) is 6.41. The Bertz CT molecular complexity index is 1010. The van der Waals surface area contributed by atoms with Gasteiger partial charge in [0.1, 0.15) is 11.3 Å². The van der Waals surface area contributed by atoms with Gasteiger partial charge in [-0.3, -0.25) is 4.79 Å². The number of carbonyl (C=O) groups excluding carboxylic acids is 1. The molecule has 25 heavy (non-hydrogen) atoms. The first-order chi connectivity index (χ1) is 12.1. The zero-order valence-electron chi connectivity index (χ0n) is 13.2. The molecule has 1 aliphatic heterocycles. The second-order valence-electron chi connectivity index (χ2n) is 5.50. The van der Waals surface area contributed by atoms with E-state index in [0.29, 0.717) is 28.5 Å². The molecule has 0 saturated heterocycles. The minimum atomic E-state index is -0.337. The van der Waals surface area contributed by atoms with E-state index in [2.05, 4.69) is 26.5 Å². The van der Waals surface area contributed by atoms with Crippen LogP contribution in [0.25, 0.3) is 11.0 Å². The summed E-state index contributed by atoms with van der Waals surface area (Å²) in [5, 5.41) is 5.08. The number of hydrazone groups is 1. The average molecular weight is 401 g/mol. The molecular formula is C18H13BrN2O4. The molecule has 1 N–H and O–H groups in total. The largest absolute Gasteiger partial charge is 0.455 e. The van der Waals surface area contributed by atoms with Gasteiger partial charge < -0.3 is 13.9 Å². The third kappa shape index (κ3) is 3.10. The maximum Gasteiger partial charge on any atom is 0.271 e. The Labute approximate surface area is 151 Å². The van der Waals surface area contributed by atoms with Crippen molar-refractivity contribution in [2.45, 2.75) is 6.92 Å². The number of furan rings is 1. The molecule has 4 rings (SSSR count). The number of benzene rings is 2. The lowest BCUT2D eigenvalue weighted by Crippen LogP contribution is -2.19. The number of nitrogens with one attached hydrogen (secondary N) is 1. The van der Waals surface area contributed by atoms with Crippen molar-refractivity contribution in [1.29, 1.82) is 0 Å². The summed E-state index contributed by atoms with van der Waals surface area (Å²) in [6.07, 6.45) is 0. The first-order valence-corrected chi connectivity index (χ1v) is 8.33. The molecule has 126 valence electrons. The second kappa shape index (κ2) is 6.25. The van der Waals surface area contributed by atoms with E-state index in [9.17, 15) is 4.79 Å². The van der Waals surface area contributed by atoms with Crippen LogP contribution in [-0.2, 0) is 0 Å². The van der Waals surface area contributed by atoms with Crippen LogP contribution in [0.3, 0.4) is 0 Å². The van der Waals surface area contributed by atoms with Gasteiger partial charge in [0.25, 0.3) is 5.91 Å². The summed E-state index contributed by atoms with van der Waals surface area (Å²) in [5.41, 5.74) is 4.30. The smallest absolute Gasteiger partial charge is 0.271 e. The molecule has 1 aromatic heterocycles. The first-order valence-electron chi connectivity index (χ1n) is 7.54. The zero-order valence-corrected chi connectivity index (χ0v) is 14.8. The van der Waals surface area contributed by atoms with Gasteiger partial charge in [-0.05, 0) is 49.4 Å². The minimum Gasteiger partial charge on any atom is -0.455 e. The molecular weight excluding hydrogens is 388 g/mol. The number of carbonyl (C=O) groups is 1. The van der Waals surface area contributed by atoms with Crippen molar-refractivity contribution in [3.8, 4) is 11.5 Å². The monoisotopic (exact) mass is 400 g/mol. The summed E-state index contributed by atoms with van der Waals surface area (Å²) in [4.78, 5) is 12.2. The third-order valence-corrected chi connectivity index (χ3v) is 4.29. The average Bonchev–Trinajstić information content (AvgIpc) is 3.24. The quantitative estimate of drug-likeness (QED) is 0.530. The number of rotatable bonds is 3. The number of hydrogen-bond donors (Lipinski definition) is 1. The Morgan fingerprint density at radius 2 is 1.96 bits per heavy atom. The molecule has 0 fully saturated rings. The van der Waals surface area contributed by atoms with Gasteiger partial charge in [0.15, 0.2) is 17.3 Å². The van der Waals surface area contributed by atoms with Crippen molar-refractivity contribution < 1.29 is 18.7 Å². The molecule has 0 radical (unpaired) electrons. The van der Waals surface area contributed by atoms with E-state index in [0.717, 1.165) is 15.4 Å². The Kier molecular flexibility index (Phi) is 3.93. The van der Waals surface area contributed by atoms with E-state index in [1.54, 1.807) is 25.1 Å². The van der Waals surface area contributed by atoms with Crippen molar-refractivity contribution >= 4 is 38.5 Å². The van der Waals surface area contributed by atoms with Crippen LogP contribution in [-0.4, -0.2) is 18.4 Å². The summed E-state index contributed by atoms with van der Waals surface area (Å²) in [6, 6.07) is 12.6. The molecule has 0 saturated carbocycles. The van der Waals surface area contributed by atoms with E-state index in [-0.39, 0.29) is 12.7 Å². The molecule has 1 aliphatic rings. The van der Waals surface area contributed by atoms with Gasteiger partial charge in [-0.1, -0.05) is 15.9 Å². The van der Waals surface area contributed by atoms with Crippen molar-refractivity contribution in [2.24, 2.45) is 5.10 Å². The van der Waals surface area contributed by atoms with Crippen molar-refractivity contribution in [3.05, 3.63) is 58.3 Å². The minimum absolute atomic E-state index is 0.167. The highest BCUT2D eigenvalue weighted by atomic mass is 79.9. The highest BCUT2D eigenvalue weighted by Gasteiger charge is 2.16. The van der Waals surface area contributed by atoms with Gasteiger partial charge in [0.2, 0.25) is 6.79 Å². The van der Waals surface area contributed by atoms with Crippen LogP contribution < -0.4 is 14.9 Å². The molecule has 0 spiro atoms. The fraction of sp³-hybridized carbons (Fsp3) is 0.111. The van der Waals surface area contributed by atoms with Crippen LogP contribution in [0.15, 0.2) is 56.5 Å². The van der Waals surface area contributed by atoms with E-state index >= 15 is 0 Å². The molecule has 2 heterocycles. The lowest BCUT2D eigenvalue weighted by atomic mass is 10.2. The summed E-state index contributed by atoms with van der Waals surface area (Å²) in [5.74, 6) is 1.44. The van der Waals surface area contributed by atoms with E-state index in [4.69, 9.17) is 13.9 Å². The Morgan fingerprint density at radius 1 is 1.12 bits per heavy atom. The number of halogens is 1. The fourth-order valence-corrected chi connectivity index (χ4v) is 2.86. The summed E-state index contributed by atoms with van der Waals surface area (Å²) < 4.78 is 17.2. The lowest BCUT2D eigenvalue weighted by Gasteiger charge is -2.02. The molecule has 0 atom stereocenters. The van der Waals surface area contributed by atoms with E-state index in [1.165, 1.54) is 0 Å². The van der Waals surface area contributed by atoms with Gasteiger partial charge in [0, 0.05) is 15.4 Å². The summed E-state index contributed by atoms with van der Waals surface area (Å²) >= 11 is 3.43. The normalized spacial score (nSPS) is 13.3. The van der Waals surface area contributed by atoms with Gasteiger partial charge in [-0.25, -0.2) is 5.43 Å². The van der Waals surface area contributed by atoms with Gasteiger partial charge >= 0.3 is 0 Å². The molecule has 0 aliphatic carbocycles. The van der Waals surface area contributed by atoms with Crippen molar-refractivity contribution in [1.82, 2.24) is 5.43 Å². The molecule has 6 nitrogen and oxygen atoms in total. The SMILES string of the molecule is C/C(=N/NC(=O)c1ccc2c(c1)OCO2)c1cc2cc(Br)ccc2o1. The first kappa shape index (κ1) is 15.7. The standard InChI is InChI=1S/C18H13BrN2O4/c1-10(16-8-12-6-13(19)3-5-14(12)25-16)20-21-18(22)11-2-4-15-17(7-11)24-9-23-15/h2-8H,9H2,1H3,(H,21,22)/b20-10-. The molecule has 2 aromatic carbocycles. The van der Waals surface area contributed by atoms with Gasteiger partial charge in [0.05, 0.1) is 0 Å². The van der Waals surface area contributed by atoms with E-state index in [1.807, 2.05) is 24.3 Å². The summed E-state index contributed by atoms with van der Waals surface area (Å²) in [7, 11) is 0. The van der Waals surface area contributed by atoms with Gasteiger partial charge in [-0.2, -0.15) is 5.10 Å². The Morgan fingerprint density at radius 3 is 2.84 bits per heavy atom. The van der Waals surface area contributed by atoms with E-state index < -0.39 is 0 Å². The number of ether oxygens (including phenoxy) is 2. The highest BCUT2D eigenvalue weighted by molar-refractivity contribution is 9.10. The number of fused-ring (bicyclic) bond motifs is 2. The van der Waals surface area contributed by atoms with Crippen molar-refractivity contribution in [2.75, 3.05) is 6.79 Å². The Balaban J connectivity index is 1.52. The highest BCUT2D eigenvalue weighted by Crippen LogP contribution is 2.32. The van der Waals surface area contributed by atoms with Crippen LogP contribution in [0.1, 0.15) is 23.0 Å². The topological polar surface area (TPSA) is 73.1 Å². The number of hydrogen-bond acceptors (Lipinski definition) is 5. The number of nitrogens with zero attached hydrogens (tertiary/aromatic N) is 1. The van der Waals surface area contributed by atoms with Gasteiger partial charge in [-0.15, -0.1) is 0 Å². The zero-order chi connectivity index (χ0) is 17.4. The maximum atomic E-state index is 12.2. The molecule has 1 amide bonds. The van der Waals surface area contributed by atoms with Crippen LogP contribution in [0.5, 0.6) is 11.5 Å². The molecule has 0 bridgehead atoms. The predicted octanol–water partition coefficient (Wildman–Crippen LogP) is 4.08. The predicted molar refractivity (Wildman–Crippen MR) is 96.2 cm³/mol. The van der Waals surface area contributed by atoms with Crippen LogP contribution in [0, 0.1) is 0 Å². The third-order valence-electron chi connectivity index (χ3n) is 3.79. The fourth-order valence-electron chi connectivity index (χ4n) is 2.48. The van der Waals surface area contributed by atoms with Crippen LogP contribution >= 0.6 is 15.9 Å². The Hall–Kier alpha value is -2.80. The number of amides is 1. The summed E-state index contributed by atoms with van der Waals surface area (Å²) in [6.45, 7) is 1.94. The molecule has 7 heteroatoms. The van der Waals surface area contributed by atoms with Crippen LogP contribution in [0.4, 0.5) is 0 Å². The molecule has 0 unspecified atom stereocenters. The molecule has 3 aromatic rings. The maximum absolute atomic E-state index is 12.2. The van der Waals surface area contributed by atoms with Crippen molar-refractivity contribution in [3.63, 3.8) is 0 Å². The lowest BCUT2D eigenvalue weighted by molar-refractivity contribution is 0.0954. The van der Waals surface area contributed by atoms with Crippen LogP contribution in [0.2, 0.25) is 0 Å².